The van der Waals surface area contributed by atoms with E-state index in [-0.39, 0.29) is 33.7 Å². The second-order valence-corrected chi connectivity index (χ2v) is 15.2. The molecular weight excluding hydrogens is 424 g/mol. The molecule has 0 radical (unpaired) electrons. The zero-order chi connectivity index (χ0) is 24.5. The average Bonchev–Trinajstić information content (AvgIpc) is 3.22. The van der Waals surface area contributed by atoms with Gasteiger partial charge in [0.2, 0.25) is 0 Å². The van der Waals surface area contributed by atoms with Crippen molar-refractivity contribution in [2.24, 2.45) is 51.2 Å². The maximum atomic E-state index is 12.9. The zero-order valence-electron chi connectivity index (χ0n) is 22.7. The van der Waals surface area contributed by atoms with Crippen LogP contribution in [0.4, 0.5) is 0 Å². The van der Waals surface area contributed by atoms with Crippen LogP contribution in [0.15, 0.2) is 0 Å². The smallest absolute Gasteiger partial charge is 0.175 e. The first-order chi connectivity index (χ1) is 15.7. The van der Waals surface area contributed by atoms with Crippen LogP contribution in [-0.4, -0.2) is 35.0 Å². The van der Waals surface area contributed by atoms with Crippen LogP contribution in [0.2, 0.25) is 0 Å². The van der Waals surface area contributed by atoms with Crippen LogP contribution in [-0.2, 0) is 14.3 Å². The van der Waals surface area contributed by atoms with Crippen LogP contribution in [0.25, 0.3) is 0 Å². The number of carbonyl (C=O) groups is 1. The second-order valence-electron chi connectivity index (χ2n) is 15.2. The predicted octanol–water partition coefficient (Wildman–Crippen LogP) is 6.14. The first-order valence-electron chi connectivity index (χ1n) is 14.3. The summed E-state index contributed by atoms with van der Waals surface area (Å²) in [7, 11) is 0. The fraction of sp³-hybridized carbons (Fsp3) is 0.967. The molecule has 4 aliphatic carbocycles. The van der Waals surface area contributed by atoms with Crippen molar-refractivity contribution in [3.05, 3.63) is 0 Å². The van der Waals surface area contributed by atoms with Gasteiger partial charge in [-0.05, 0) is 80.0 Å². The molecule has 6 fully saturated rings. The summed E-state index contributed by atoms with van der Waals surface area (Å²) in [5.41, 5.74) is -0.496. The van der Waals surface area contributed by atoms with E-state index in [0.717, 1.165) is 45.1 Å². The predicted molar refractivity (Wildman–Crippen MR) is 132 cm³/mol. The molecule has 4 saturated carbocycles. The lowest BCUT2D eigenvalue weighted by Crippen LogP contribution is -2.67. The summed E-state index contributed by atoms with van der Waals surface area (Å²) in [6, 6.07) is 0. The highest BCUT2D eigenvalue weighted by Gasteiger charge is 2.80. The monoisotopic (exact) mass is 472 g/mol. The van der Waals surface area contributed by atoms with Crippen LogP contribution in [0.3, 0.4) is 0 Å². The molecular formula is C30H48O4. The molecule has 192 valence electrons. The normalized spacial score (nSPS) is 57.7. The summed E-state index contributed by atoms with van der Waals surface area (Å²) < 4.78 is 13.7. The molecule has 2 saturated heterocycles. The Labute approximate surface area is 206 Å². The molecule has 4 heteroatoms. The molecule has 0 unspecified atom stereocenters. The maximum absolute atomic E-state index is 12.9. The van der Waals surface area contributed by atoms with Gasteiger partial charge in [0.1, 0.15) is 5.78 Å². The van der Waals surface area contributed by atoms with Gasteiger partial charge in [-0.3, -0.25) is 4.79 Å². The highest BCUT2D eigenvalue weighted by Crippen LogP contribution is 2.80. The molecule has 4 nitrogen and oxygen atoms in total. The highest BCUT2D eigenvalue weighted by molar-refractivity contribution is 5.85. The van der Waals surface area contributed by atoms with Gasteiger partial charge >= 0.3 is 0 Å². The number of ketones is 1. The molecule has 2 aliphatic heterocycles. The van der Waals surface area contributed by atoms with E-state index in [1.54, 1.807) is 0 Å². The SMILES string of the molecule is CC(C)C[C@@H]1C[C@](C)(O)[C@@H]2[C@H]3CC[C@@H]4[C@@]5(C)CCC(=O)C(C)(C)[C@@H]5CC[C@@]4(C)[C@@]34CO[C@@]2(C4)O1. The van der Waals surface area contributed by atoms with Crippen molar-refractivity contribution in [1.29, 1.82) is 0 Å². The van der Waals surface area contributed by atoms with E-state index in [9.17, 15) is 9.90 Å². The Morgan fingerprint density at radius 1 is 1.03 bits per heavy atom. The van der Waals surface area contributed by atoms with E-state index in [1.807, 2.05) is 0 Å². The Bertz CT molecular complexity index is 892. The fourth-order valence-corrected chi connectivity index (χ4v) is 11.7. The van der Waals surface area contributed by atoms with Crippen LogP contribution < -0.4 is 0 Å². The zero-order valence-corrected chi connectivity index (χ0v) is 22.7. The standard InChI is InChI=1S/C30H48O4/c1-18(2)14-19-15-28(7,32)24-20-8-9-22-26(5)12-11-23(31)25(3,4)21(26)10-13-27(22,6)29(20)16-30(24,34-19)33-17-29/h18-22,24,32H,8-17H2,1-7H3/t19-,20-,21+,22-,24+,26+,27-,28+,29+,30+/m1/s1. The fourth-order valence-electron chi connectivity index (χ4n) is 11.7. The molecule has 2 bridgehead atoms. The third kappa shape index (κ3) is 2.69. The van der Waals surface area contributed by atoms with E-state index in [4.69, 9.17) is 9.47 Å². The van der Waals surface area contributed by atoms with E-state index < -0.39 is 11.4 Å². The number of fused-ring (bicyclic) bond motifs is 4. The van der Waals surface area contributed by atoms with Crippen molar-refractivity contribution >= 4 is 5.78 Å². The Morgan fingerprint density at radius 2 is 1.76 bits per heavy atom. The number of rotatable bonds is 2. The Balaban J connectivity index is 1.39. The minimum Gasteiger partial charge on any atom is -0.390 e. The van der Waals surface area contributed by atoms with Crippen LogP contribution in [0.5, 0.6) is 0 Å². The quantitative estimate of drug-likeness (QED) is 0.524. The van der Waals surface area contributed by atoms with Crippen molar-refractivity contribution in [1.82, 2.24) is 0 Å². The van der Waals surface area contributed by atoms with Gasteiger partial charge in [0.25, 0.3) is 0 Å². The van der Waals surface area contributed by atoms with Gasteiger partial charge < -0.3 is 14.6 Å². The summed E-state index contributed by atoms with van der Waals surface area (Å²) in [6.07, 6.45) is 9.22. The molecule has 0 amide bonds. The molecule has 6 rings (SSSR count). The average molecular weight is 473 g/mol. The molecule has 34 heavy (non-hydrogen) atoms. The van der Waals surface area contributed by atoms with Crippen LogP contribution >= 0.6 is 0 Å². The van der Waals surface area contributed by atoms with E-state index >= 15 is 0 Å². The maximum Gasteiger partial charge on any atom is 0.175 e. The van der Waals surface area contributed by atoms with Gasteiger partial charge in [0, 0.05) is 36.0 Å². The topological polar surface area (TPSA) is 55.8 Å². The molecule has 0 aromatic heterocycles. The highest BCUT2D eigenvalue weighted by atomic mass is 16.7. The first kappa shape index (κ1) is 23.9. The van der Waals surface area contributed by atoms with Crippen LogP contribution in [0.1, 0.15) is 106 Å². The molecule has 6 aliphatic rings. The number of hydrogen-bond donors (Lipinski definition) is 1. The van der Waals surface area contributed by atoms with E-state index in [1.165, 1.54) is 19.3 Å². The van der Waals surface area contributed by atoms with Crippen LogP contribution in [0, 0.1) is 51.2 Å². The van der Waals surface area contributed by atoms with Crippen molar-refractivity contribution in [3.63, 3.8) is 0 Å². The lowest BCUT2D eigenvalue weighted by Gasteiger charge is -2.69. The minimum absolute atomic E-state index is 0.0727. The molecule has 0 aromatic carbocycles. The number of carbonyl (C=O) groups excluding carboxylic acids is 1. The molecule has 0 aromatic rings. The summed E-state index contributed by atoms with van der Waals surface area (Å²) in [4.78, 5) is 12.9. The molecule has 1 N–H and O–H groups in total. The van der Waals surface area contributed by atoms with Crippen molar-refractivity contribution in [2.75, 3.05) is 6.61 Å². The second kappa shape index (κ2) is 6.90. The molecule has 10 atom stereocenters. The minimum atomic E-state index is -0.742. The van der Waals surface area contributed by atoms with Gasteiger partial charge in [-0.1, -0.05) is 41.5 Å². The summed E-state index contributed by atoms with van der Waals surface area (Å²) >= 11 is 0. The largest absolute Gasteiger partial charge is 0.390 e. The summed E-state index contributed by atoms with van der Waals surface area (Å²) in [5.74, 6) is 2.03. The third-order valence-electron chi connectivity index (χ3n) is 12.8. The van der Waals surface area contributed by atoms with Crippen molar-refractivity contribution in [2.45, 2.75) is 124 Å². The Morgan fingerprint density at radius 3 is 2.47 bits per heavy atom. The number of hydrogen-bond acceptors (Lipinski definition) is 4. The lowest BCUT2D eigenvalue weighted by molar-refractivity contribution is -0.347. The van der Waals surface area contributed by atoms with E-state index in [0.29, 0.717) is 29.5 Å². The van der Waals surface area contributed by atoms with Gasteiger partial charge in [-0.2, -0.15) is 0 Å². The van der Waals surface area contributed by atoms with Crippen molar-refractivity contribution in [3.8, 4) is 0 Å². The van der Waals surface area contributed by atoms with Gasteiger partial charge in [-0.15, -0.1) is 0 Å². The van der Waals surface area contributed by atoms with Gasteiger partial charge in [0.05, 0.1) is 18.3 Å². The van der Waals surface area contributed by atoms with Gasteiger partial charge in [0.15, 0.2) is 5.79 Å². The number of Topliss-reactive ketones (excluding diaryl/α,β-unsaturated/α-hetero) is 1. The first-order valence-corrected chi connectivity index (χ1v) is 14.3. The van der Waals surface area contributed by atoms with Crippen molar-refractivity contribution < 1.29 is 19.4 Å². The number of aliphatic hydroxyl groups is 1. The molecule has 2 heterocycles. The van der Waals surface area contributed by atoms with Gasteiger partial charge in [-0.25, -0.2) is 0 Å². The Kier molecular flexibility index (Phi) is 4.85. The summed E-state index contributed by atoms with van der Waals surface area (Å²) in [5, 5.41) is 11.9. The number of ether oxygens (including phenoxy) is 2. The Hall–Kier alpha value is -0.450. The van der Waals surface area contributed by atoms with E-state index in [2.05, 4.69) is 48.5 Å². The lowest BCUT2D eigenvalue weighted by atomic mass is 9.35. The third-order valence-corrected chi connectivity index (χ3v) is 12.8. The molecule has 2 spiro atoms. The summed E-state index contributed by atoms with van der Waals surface area (Å²) in [6.45, 7) is 16.9.